The number of rotatable bonds is 2. The van der Waals surface area contributed by atoms with Gasteiger partial charge in [-0.25, -0.2) is 4.79 Å². The van der Waals surface area contributed by atoms with Crippen molar-refractivity contribution < 1.29 is 9.53 Å². The molecule has 0 aromatic heterocycles. The van der Waals surface area contributed by atoms with E-state index in [-0.39, 0.29) is 11.5 Å². The zero-order valence-corrected chi connectivity index (χ0v) is 15.1. The fourth-order valence-electron chi connectivity index (χ4n) is 3.55. The molecule has 0 N–H and O–H groups in total. The van der Waals surface area contributed by atoms with Gasteiger partial charge in [-0.2, -0.15) is 0 Å². The number of hydrogen-bond acceptors (Lipinski definition) is 2. The van der Waals surface area contributed by atoms with Crippen molar-refractivity contribution in [2.45, 2.75) is 51.0 Å². The lowest BCUT2D eigenvalue weighted by molar-refractivity contribution is 0.0285. The molecule has 1 saturated heterocycles. The lowest BCUT2D eigenvalue weighted by Gasteiger charge is -2.26. The molecule has 1 atom stereocenters. The quantitative estimate of drug-likeness (QED) is 0.757. The molecule has 1 aromatic rings. The maximum absolute atomic E-state index is 12.2. The normalized spacial score (nSPS) is 23.5. The van der Waals surface area contributed by atoms with E-state index >= 15 is 0 Å². The van der Waals surface area contributed by atoms with Gasteiger partial charge >= 0.3 is 6.09 Å². The van der Waals surface area contributed by atoms with E-state index in [2.05, 4.69) is 40.2 Å². The number of benzene rings is 1. The Kier molecular flexibility index (Phi) is 4.00. The molecule has 3 rings (SSSR count). The van der Waals surface area contributed by atoms with Gasteiger partial charge in [0.25, 0.3) is 0 Å². The number of amides is 1. The van der Waals surface area contributed by atoms with Crippen LogP contribution >= 0.6 is 15.9 Å². The first-order valence-electron chi connectivity index (χ1n) is 8.04. The highest BCUT2D eigenvalue weighted by Gasteiger charge is 2.52. The predicted molar refractivity (Wildman–Crippen MR) is 91.0 cm³/mol. The standard InChI is InChI=1S/C18H24BrNO2/c1-17(2,3)22-16(21)20-11-8-14(12-20)18(9-10-18)13-4-6-15(19)7-5-13/h4-7,14H,8-12H2,1-3H3. The zero-order chi connectivity index (χ0) is 16.0. The Morgan fingerprint density at radius 3 is 2.45 bits per heavy atom. The molecule has 1 saturated carbocycles. The first kappa shape index (κ1) is 15.9. The van der Waals surface area contributed by atoms with Crippen LogP contribution in [0.15, 0.2) is 28.7 Å². The number of carbonyl (C=O) groups is 1. The van der Waals surface area contributed by atoms with Crippen LogP contribution in [0.25, 0.3) is 0 Å². The molecule has 4 heteroatoms. The Morgan fingerprint density at radius 1 is 1.27 bits per heavy atom. The molecule has 120 valence electrons. The molecule has 0 radical (unpaired) electrons. The van der Waals surface area contributed by atoms with Crippen molar-refractivity contribution in [3.05, 3.63) is 34.3 Å². The Labute approximate surface area is 141 Å². The second kappa shape index (κ2) is 5.55. The minimum atomic E-state index is -0.419. The molecule has 2 aliphatic rings. The van der Waals surface area contributed by atoms with E-state index in [9.17, 15) is 4.79 Å². The highest BCUT2D eigenvalue weighted by molar-refractivity contribution is 9.10. The van der Waals surface area contributed by atoms with Crippen LogP contribution < -0.4 is 0 Å². The molecule has 3 nitrogen and oxygen atoms in total. The smallest absolute Gasteiger partial charge is 0.410 e. The third-order valence-electron chi connectivity index (χ3n) is 4.83. The summed E-state index contributed by atoms with van der Waals surface area (Å²) in [5.41, 5.74) is 1.29. The summed E-state index contributed by atoms with van der Waals surface area (Å²) in [7, 11) is 0. The average molecular weight is 366 g/mol. The second-order valence-electron chi connectivity index (χ2n) is 7.57. The van der Waals surface area contributed by atoms with Gasteiger partial charge in [-0.15, -0.1) is 0 Å². The molecule has 1 aliphatic heterocycles. The van der Waals surface area contributed by atoms with Crippen molar-refractivity contribution >= 4 is 22.0 Å². The van der Waals surface area contributed by atoms with Crippen LogP contribution in [-0.2, 0) is 10.2 Å². The molecule has 1 aliphatic carbocycles. The highest BCUT2D eigenvalue weighted by Crippen LogP contribution is 2.56. The summed E-state index contributed by atoms with van der Waals surface area (Å²) >= 11 is 3.50. The van der Waals surface area contributed by atoms with Crippen LogP contribution in [0.3, 0.4) is 0 Å². The highest BCUT2D eigenvalue weighted by atomic mass is 79.9. The van der Waals surface area contributed by atoms with Crippen LogP contribution in [-0.4, -0.2) is 29.7 Å². The van der Waals surface area contributed by atoms with Crippen molar-refractivity contribution in [3.8, 4) is 0 Å². The Balaban J connectivity index is 1.68. The fourth-order valence-corrected chi connectivity index (χ4v) is 3.82. The van der Waals surface area contributed by atoms with Gasteiger partial charge in [0, 0.05) is 17.6 Å². The van der Waals surface area contributed by atoms with Gasteiger partial charge in [0.2, 0.25) is 0 Å². The lowest BCUT2D eigenvalue weighted by Crippen LogP contribution is -2.36. The summed E-state index contributed by atoms with van der Waals surface area (Å²) in [6.45, 7) is 7.40. The van der Waals surface area contributed by atoms with Crippen LogP contribution in [0.2, 0.25) is 0 Å². The van der Waals surface area contributed by atoms with E-state index in [1.165, 1.54) is 18.4 Å². The fraction of sp³-hybridized carbons (Fsp3) is 0.611. The third kappa shape index (κ3) is 3.17. The molecule has 1 amide bonds. The van der Waals surface area contributed by atoms with Gasteiger partial charge in [0.05, 0.1) is 0 Å². The third-order valence-corrected chi connectivity index (χ3v) is 5.36. The first-order chi connectivity index (χ1) is 10.3. The van der Waals surface area contributed by atoms with E-state index in [1.54, 1.807) is 0 Å². The molecule has 0 spiro atoms. The SMILES string of the molecule is CC(C)(C)OC(=O)N1CCC(C2(c3ccc(Br)cc3)CC2)C1. The van der Waals surface area contributed by atoms with Gasteiger partial charge in [-0.05, 0) is 69.1 Å². The van der Waals surface area contributed by atoms with E-state index in [0.29, 0.717) is 5.92 Å². The molecule has 1 aromatic carbocycles. The maximum Gasteiger partial charge on any atom is 0.410 e. The Bertz CT molecular complexity index is 557. The molecular weight excluding hydrogens is 342 g/mol. The van der Waals surface area contributed by atoms with E-state index in [1.807, 2.05) is 25.7 Å². The number of ether oxygens (including phenoxy) is 1. The minimum Gasteiger partial charge on any atom is -0.444 e. The van der Waals surface area contributed by atoms with Crippen LogP contribution in [0.4, 0.5) is 4.79 Å². The Hall–Kier alpha value is -1.03. The molecular formula is C18H24BrNO2. The summed E-state index contributed by atoms with van der Waals surface area (Å²) in [5, 5.41) is 0. The van der Waals surface area contributed by atoms with Gasteiger partial charge in [-0.1, -0.05) is 28.1 Å². The number of nitrogens with zero attached hydrogens (tertiary/aromatic N) is 1. The molecule has 0 bridgehead atoms. The predicted octanol–water partition coefficient (Wildman–Crippen LogP) is 4.74. The zero-order valence-electron chi connectivity index (χ0n) is 13.6. The first-order valence-corrected chi connectivity index (χ1v) is 8.83. The summed E-state index contributed by atoms with van der Waals surface area (Å²) in [6, 6.07) is 8.70. The number of hydrogen-bond donors (Lipinski definition) is 0. The summed E-state index contributed by atoms with van der Waals surface area (Å²) in [5.74, 6) is 0.557. The summed E-state index contributed by atoms with van der Waals surface area (Å²) in [4.78, 5) is 14.1. The van der Waals surface area contributed by atoms with E-state index < -0.39 is 5.60 Å². The number of halogens is 1. The number of carbonyl (C=O) groups excluding carboxylic acids is 1. The average Bonchev–Trinajstić information content (AvgIpc) is 3.07. The molecule has 2 fully saturated rings. The topological polar surface area (TPSA) is 29.5 Å². The number of likely N-dealkylation sites (tertiary alicyclic amines) is 1. The van der Waals surface area contributed by atoms with Crippen molar-refractivity contribution in [2.75, 3.05) is 13.1 Å². The largest absolute Gasteiger partial charge is 0.444 e. The van der Waals surface area contributed by atoms with Crippen molar-refractivity contribution in [2.24, 2.45) is 5.92 Å². The minimum absolute atomic E-state index is 0.165. The summed E-state index contributed by atoms with van der Waals surface area (Å²) < 4.78 is 6.62. The monoisotopic (exact) mass is 365 g/mol. The maximum atomic E-state index is 12.2. The van der Waals surface area contributed by atoms with Crippen molar-refractivity contribution in [1.29, 1.82) is 0 Å². The van der Waals surface area contributed by atoms with Crippen LogP contribution in [0.5, 0.6) is 0 Å². The molecule has 1 unspecified atom stereocenters. The van der Waals surface area contributed by atoms with E-state index in [0.717, 1.165) is 24.0 Å². The van der Waals surface area contributed by atoms with Gasteiger partial charge in [-0.3, -0.25) is 0 Å². The van der Waals surface area contributed by atoms with Crippen molar-refractivity contribution in [1.82, 2.24) is 4.90 Å². The molecule has 1 heterocycles. The van der Waals surface area contributed by atoms with Crippen LogP contribution in [0, 0.1) is 5.92 Å². The van der Waals surface area contributed by atoms with Crippen LogP contribution in [0.1, 0.15) is 45.6 Å². The van der Waals surface area contributed by atoms with Gasteiger partial charge in [0.15, 0.2) is 0 Å². The lowest BCUT2D eigenvalue weighted by atomic mass is 9.82. The van der Waals surface area contributed by atoms with Gasteiger partial charge in [0.1, 0.15) is 5.60 Å². The second-order valence-corrected chi connectivity index (χ2v) is 8.49. The van der Waals surface area contributed by atoms with Crippen molar-refractivity contribution in [3.63, 3.8) is 0 Å². The van der Waals surface area contributed by atoms with E-state index in [4.69, 9.17) is 4.74 Å². The summed E-state index contributed by atoms with van der Waals surface area (Å²) in [6.07, 6.45) is 3.39. The molecule has 22 heavy (non-hydrogen) atoms. The Morgan fingerprint density at radius 2 is 1.91 bits per heavy atom. The van der Waals surface area contributed by atoms with Gasteiger partial charge < -0.3 is 9.64 Å².